The van der Waals surface area contributed by atoms with Gasteiger partial charge in [-0.1, -0.05) is 0 Å². The predicted molar refractivity (Wildman–Crippen MR) is 70.2 cm³/mol. The fraction of sp³-hybridized carbons (Fsp3) is 0.167. The maximum Gasteiger partial charge on any atom is 0.258 e. The molecule has 0 fully saturated rings. The van der Waals surface area contributed by atoms with Gasteiger partial charge in [-0.3, -0.25) is 20.0 Å². The van der Waals surface area contributed by atoms with Gasteiger partial charge in [-0.15, -0.1) is 5.10 Å². The van der Waals surface area contributed by atoms with Crippen molar-refractivity contribution in [2.45, 2.75) is 6.92 Å². The number of rotatable bonds is 5. The lowest BCUT2D eigenvalue weighted by Gasteiger charge is -2.05. The van der Waals surface area contributed by atoms with Crippen LogP contribution in [0.1, 0.15) is 16.2 Å². The van der Waals surface area contributed by atoms with Crippen LogP contribution < -0.4 is 15.8 Å². The summed E-state index contributed by atoms with van der Waals surface area (Å²) in [6.45, 7) is 1.52. The number of nitrogens with one attached hydrogen (secondary N) is 2. The van der Waals surface area contributed by atoms with E-state index in [0.29, 0.717) is 17.1 Å². The van der Waals surface area contributed by atoms with Crippen molar-refractivity contribution in [1.29, 1.82) is 0 Å². The van der Waals surface area contributed by atoms with Gasteiger partial charge >= 0.3 is 0 Å². The molecule has 1 aromatic carbocycles. The second-order valence-corrected chi connectivity index (χ2v) is 3.98. The Morgan fingerprint density at radius 3 is 2.60 bits per heavy atom. The van der Waals surface area contributed by atoms with E-state index < -0.39 is 5.91 Å². The normalized spacial score (nSPS) is 10.1. The molecule has 20 heavy (non-hydrogen) atoms. The van der Waals surface area contributed by atoms with Gasteiger partial charge in [0.05, 0.1) is 0 Å². The Balaban J connectivity index is 1.98. The lowest BCUT2D eigenvalue weighted by Crippen LogP contribution is -2.20. The SMILES string of the molecule is Cc1nc(NC(=O)c2ccc(OCC(N)=O)cc2)n[nH]1. The summed E-state index contributed by atoms with van der Waals surface area (Å²) >= 11 is 0. The minimum absolute atomic E-state index is 0.206. The molecule has 0 spiro atoms. The van der Waals surface area contributed by atoms with Crippen LogP contribution in [0, 0.1) is 6.92 Å². The molecule has 0 aliphatic rings. The molecule has 0 bridgehead atoms. The van der Waals surface area contributed by atoms with Crippen LogP contribution in [0.5, 0.6) is 5.75 Å². The number of nitrogens with zero attached hydrogens (tertiary/aromatic N) is 2. The Hall–Kier alpha value is -2.90. The monoisotopic (exact) mass is 275 g/mol. The fourth-order valence-corrected chi connectivity index (χ4v) is 1.43. The highest BCUT2D eigenvalue weighted by atomic mass is 16.5. The molecule has 2 rings (SSSR count). The van der Waals surface area contributed by atoms with Gasteiger partial charge in [-0.05, 0) is 31.2 Å². The Morgan fingerprint density at radius 2 is 2.05 bits per heavy atom. The van der Waals surface area contributed by atoms with E-state index in [0.717, 1.165) is 0 Å². The van der Waals surface area contributed by atoms with Crippen molar-refractivity contribution in [2.24, 2.45) is 5.73 Å². The molecule has 8 heteroatoms. The predicted octanol–water partition coefficient (Wildman–Crippen LogP) is 0.230. The van der Waals surface area contributed by atoms with Gasteiger partial charge in [0, 0.05) is 5.56 Å². The zero-order valence-electron chi connectivity index (χ0n) is 10.7. The average Bonchev–Trinajstić information content (AvgIpc) is 2.82. The number of aromatic amines is 1. The van der Waals surface area contributed by atoms with E-state index in [1.807, 2.05) is 0 Å². The van der Waals surface area contributed by atoms with Crippen LogP contribution in [0.25, 0.3) is 0 Å². The summed E-state index contributed by atoms with van der Waals surface area (Å²) in [5.41, 5.74) is 5.38. The van der Waals surface area contributed by atoms with Gasteiger partial charge in [0.2, 0.25) is 5.95 Å². The van der Waals surface area contributed by atoms with Crippen LogP contribution in [0.3, 0.4) is 0 Å². The molecule has 0 atom stereocenters. The number of nitrogens with two attached hydrogens (primary N) is 1. The third-order valence-corrected chi connectivity index (χ3v) is 2.32. The summed E-state index contributed by atoms with van der Waals surface area (Å²) in [7, 11) is 0. The molecular formula is C12H13N5O3. The summed E-state index contributed by atoms with van der Waals surface area (Å²) in [5, 5.41) is 8.97. The van der Waals surface area contributed by atoms with Crippen molar-refractivity contribution in [2.75, 3.05) is 11.9 Å². The molecule has 2 aromatic rings. The van der Waals surface area contributed by atoms with E-state index in [1.54, 1.807) is 31.2 Å². The fourth-order valence-electron chi connectivity index (χ4n) is 1.43. The van der Waals surface area contributed by atoms with Gasteiger partial charge in [0.25, 0.3) is 11.8 Å². The molecule has 8 nitrogen and oxygen atoms in total. The summed E-state index contributed by atoms with van der Waals surface area (Å²) in [4.78, 5) is 26.4. The van der Waals surface area contributed by atoms with E-state index in [-0.39, 0.29) is 18.5 Å². The Labute approximate surface area is 114 Å². The number of H-pyrrole nitrogens is 1. The lowest BCUT2D eigenvalue weighted by atomic mass is 10.2. The summed E-state index contributed by atoms with van der Waals surface area (Å²) < 4.78 is 5.09. The van der Waals surface area contributed by atoms with Crippen LogP contribution in [-0.4, -0.2) is 33.6 Å². The second-order valence-electron chi connectivity index (χ2n) is 3.98. The highest BCUT2D eigenvalue weighted by Crippen LogP contribution is 2.13. The lowest BCUT2D eigenvalue weighted by molar-refractivity contribution is -0.119. The first kappa shape index (κ1) is 13.5. The van der Waals surface area contributed by atoms with E-state index in [2.05, 4.69) is 20.5 Å². The van der Waals surface area contributed by atoms with E-state index >= 15 is 0 Å². The van der Waals surface area contributed by atoms with Crippen molar-refractivity contribution in [3.05, 3.63) is 35.7 Å². The standard InChI is InChI=1S/C12H13N5O3/c1-7-14-12(17-16-7)15-11(19)8-2-4-9(5-3-8)20-6-10(13)18/h2-5H,6H2,1H3,(H2,13,18)(H2,14,15,16,17,19). The average molecular weight is 275 g/mol. The number of carbonyl (C=O) groups is 2. The third kappa shape index (κ3) is 3.55. The minimum Gasteiger partial charge on any atom is -0.484 e. The number of aromatic nitrogens is 3. The Kier molecular flexibility index (Phi) is 3.94. The molecule has 2 amide bonds. The molecule has 1 aromatic heterocycles. The molecule has 0 aliphatic carbocycles. The van der Waals surface area contributed by atoms with Gasteiger partial charge < -0.3 is 10.5 Å². The first-order valence-electron chi connectivity index (χ1n) is 5.76. The van der Waals surface area contributed by atoms with Crippen molar-refractivity contribution >= 4 is 17.8 Å². The number of benzene rings is 1. The number of carbonyl (C=O) groups excluding carboxylic acids is 2. The van der Waals surface area contributed by atoms with Crippen LogP contribution >= 0.6 is 0 Å². The number of hydrogen-bond acceptors (Lipinski definition) is 5. The van der Waals surface area contributed by atoms with Crippen LogP contribution in [0.2, 0.25) is 0 Å². The summed E-state index contributed by atoms with van der Waals surface area (Å²) in [6.07, 6.45) is 0. The quantitative estimate of drug-likeness (QED) is 0.720. The molecule has 0 aliphatic heterocycles. The van der Waals surface area contributed by atoms with Gasteiger partial charge in [-0.2, -0.15) is 4.98 Å². The smallest absolute Gasteiger partial charge is 0.258 e. The number of aryl methyl sites for hydroxylation is 1. The third-order valence-electron chi connectivity index (χ3n) is 2.32. The van der Waals surface area contributed by atoms with Crippen molar-refractivity contribution < 1.29 is 14.3 Å². The second kappa shape index (κ2) is 5.83. The number of amides is 2. The minimum atomic E-state index is -0.563. The van der Waals surface area contributed by atoms with E-state index in [4.69, 9.17) is 10.5 Å². The van der Waals surface area contributed by atoms with E-state index in [9.17, 15) is 9.59 Å². The van der Waals surface area contributed by atoms with Gasteiger partial charge in [0.1, 0.15) is 11.6 Å². The van der Waals surface area contributed by atoms with Gasteiger partial charge in [-0.25, -0.2) is 0 Å². The summed E-state index contributed by atoms with van der Waals surface area (Å²) in [6, 6.07) is 6.26. The zero-order valence-corrected chi connectivity index (χ0v) is 10.7. The van der Waals surface area contributed by atoms with Crippen LogP contribution in [-0.2, 0) is 4.79 Å². The highest BCUT2D eigenvalue weighted by Gasteiger charge is 2.09. The van der Waals surface area contributed by atoms with Crippen molar-refractivity contribution in [1.82, 2.24) is 15.2 Å². The molecule has 104 valence electrons. The van der Waals surface area contributed by atoms with E-state index in [1.165, 1.54) is 0 Å². The maximum absolute atomic E-state index is 11.9. The van der Waals surface area contributed by atoms with Crippen molar-refractivity contribution in [3.8, 4) is 5.75 Å². The molecular weight excluding hydrogens is 262 g/mol. The molecule has 4 N–H and O–H groups in total. The first-order valence-corrected chi connectivity index (χ1v) is 5.76. The maximum atomic E-state index is 11.9. The Bertz CT molecular complexity index is 620. The van der Waals surface area contributed by atoms with Crippen molar-refractivity contribution in [3.63, 3.8) is 0 Å². The highest BCUT2D eigenvalue weighted by molar-refractivity contribution is 6.03. The largest absolute Gasteiger partial charge is 0.484 e. The number of anilines is 1. The molecule has 0 saturated carbocycles. The van der Waals surface area contributed by atoms with Crippen LogP contribution in [0.4, 0.5) is 5.95 Å². The first-order chi connectivity index (χ1) is 9.54. The van der Waals surface area contributed by atoms with Crippen LogP contribution in [0.15, 0.2) is 24.3 Å². The van der Waals surface area contributed by atoms with Gasteiger partial charge in [0.15, 0.2) is 6.61 Å². The number of hydrogen-bond donors (Lipinski definition) is 3. The number of primary amides is 1. The Morgan fingerprint density at radius 1 is 1.35 bits per heavy atom. The topological polar surface area (TPSA) is 123 Å². The molecule has 0 saturated heterocycles. The zero-order chi connectivity index (χ0) is 14.5. The molecule has 0 unspecified atom stereocenters. The molecule has 1 heterocycles. The number of ether oxygens (including phenoxy) is 1. The summed E-state index contributed by atoms with van der Waals surface area (Å²) in [5.74, 6) is 0.364. The molecule has 0 radical (unpaired) electrons.